The fourth-order valence-corrected chi connectivity index (χ4v) is 2.90. The second-order valence-corrected chi connectivity index (χ2v) is 5.55. The number of aromatic nitrogens is 2. The number of alkyl halides is 3. The van der Waals surface area contributed by atoms with Gasteiger partial charge in [-0.2, -0.15) is 13.2 Å². The van der Waals surface area contributed by atoms with Crippen LogP contribution in [-0.4, -0.2) is 23.1 Å². The molecule has 122 valence electrons. The summed E-state index contributed by atoms with van der Waals surface area (Å²) in [6.07, 6.45) is 0.0170. The van der Waals surface area contributed by atoms with E-state index in [9.17, 15) is 13.2 Å². The number of nitrogens with zero attached hydrogens (tertiary/aromatic N) is 3. The molecule has 3 rings (SSSR count). The molecule has 1 fully saturated rings. The van der Waals surface area contributed by atoms with Gasteiger partial charge in [-0.1, -0.05) is 18.2 Å². The number of rotatable bonds is 2. The normalized spacial score (nSPS) is 15.7. The van der Waals surface area contributed by atoms with Crippen LogP contribution in [0.5, 0.6) is 0 Å². The molecular weight excluding hydrogens is 305 g/mol. The second-order valence-electron chi connectivity index (χ2n) is 5.55. The summed E-state index contributed by atoms with van der Waals surface area (Å²) in [7, 11) is 0. The van der Waals surface area contributed by atoms with E-state index < -0.39 is 11.7 Å². The van der Waals surface area contributed by atoms with Gasteiger partial charge in [0.1, 0.15) is 12.0 Å². The average Bonchev–Trinajstić information content (AvgIpc) is 2.55. The van der Waals surface area contributed by atoms with Crippen LogP contribution in [-0.2, 0) is 6.18 Å². The number of hydrogen-bond donors (Lipinski definition) is 1. The van der Waals surface area contributed by atoms with Gasteiger partial charge in [-0.15, -0.1) is 0 Å². The molecule has 0 bridgehead atoms. The van der Waals surface area contributed by atoms with E-state index in [0.29, 0.717) is 5.82 Å². The van der Waals surface area contributed by atoms with Gasteiger partial charge >= 0.3 is 6.18 Å². The average molecular weight is 322 g/mol. The lowest BCUT2D eigenvalue weighted by Gasteiger charge is -2.29. The third-order valence-corrected chi connectivity index (χ3v) is 4.01. The molecule has 0 saturated carbocycles. The zero-order valence-electron chi connectivity index (χ0n) is 12.5. The van der Waals surface area contributed by atoms with E-state index in [4.69, 9.17) is 5.73 Å². The summed E-state index contributed by atoms with van der Waals surface area (Å²) < 4.78 is 39.7. The molecule has 7 heteroatoms. The monoisotopic (exact) mass is 322 g/mol. The van der Waals surface area contributed by atoms with Crippen LogP contribution in [0.25, 0.3) is 11.3 Å². The molecule has 0 radical (unpaired) electrons. The lowest BCUT2D eigenvalue weighted by atomic mass is 10.0. The lowest BCUT2D eigenvalue weighted by Crippen LogP contribution is -2.31. The first-order valence-corrected chi connectivity index (χ1v) is 7.50. The molecule has 4 nitrogen and oxygen atoms in total. The zero-order valence-corrected chi connectivity index (χ0v) is 12.5. The Balaban J connectivity index is 2.08. The maximum Gasteiger partial charge on any atom is 0.417 e. The van der Waals surface area contributed by atoms with Crippen molar-refractivity contribution in [3.63, 3.8) is 0 Å². The molecule has 1 aliphatic heterocycles. The van der Waals surface area contributed by atoms with Crippen molar-refractivity contribution in [3.8, 4) is 11.3 Å². The third kappa shape index (κ3) is 3.09. The van der Waals surface area contributed by atoms with E-state index in [2.05, 4.69) is 9.97 Å². The molecular formula is C16H17F3N4. The number of halogens is 3. The van der Waals surface area contributed by atoms with Gasteiger partial charge in [-0.05, 0) is 25.3 Å². The van der Waals surface area contributed by atoms with Gasteiger partial charge in [0.15, 0.2) is 5.82 Å². The predicted molar refractivity (Wildman–Crippen MR) is 82.9 cm³/mol. The highest BCUT2D eigenvalue weighted by Crippen LogP contribution is 2.39. The Kier molecular flexibility index (Phi) is 4.11. The first-order valence-electron chi connectivity index (χ1n) is 7.50. The number of nitrogen functional groups attached to an aromatic ring is 1. The lowest BCUT2D eigenvalue weighted by molar-refractivity contribution is -0.137. The Bertz CT molecular complexity index is 694. The fourth-order valence-electron chi connectivity index (χ4n) is 2.90. The number of anilines is 2. The van der Waals surface area contributed by atoms with Crippen LogP contribution >= 0.6 is 0 Å². The smallest absolute Gasteiger partial charge is 0.394 e. The first-order chi connectivity index (χ1) is 11.0. The molecule has 23 heavy (non-hydrogen) atoms. The Hall–Kier alpha value is -2.31. The molecule has 2 aromatic rings. The van der Waals surface area contributed by atoms with Crippen LogP contribution in [0, 0.1) is 0 Å². The Labute approximate surface area is 132 Å². The minimum atomic E-state index is -4.46. The number of benzene rings is 1. The second kappa shape index (κ2) is 6.06. The molecule has 2 heterocycles. The summed E-state index contributed by atoms with van der Waals surface area (Å²) >= 11 is 0. The minimum absolute atomic E-state index is 0.0156. The van der Waals surface area contributed by atoms with Crippen molar-refractivity contribution < 1.29 is 13.2 Å². The predicted octanol–water partition coefficient (Wildman–Crippen LogP) is 3.73. The SMILES string of the molecule is Nc1c(-c2ccccc2C(F)(F)F)ncnc1N1CCCCC1. The van der Waals surface area contributed by atoms with Crippen LogP contribution in [0.15, 0.2) is 30.6 Å². The van der Waals surface area contributed by atoms with E-state index in [-0.39, 0.29) is 16.9 Å². The maximum absolute atomic E-state index is 13.2. The summed E-state index contributed by atoms with van der Waals surface area (Å²) in [6.45, 7) is 1.61. The van der Waals surface area contributed by atoms with E-state index in [1.165, 1.54) is 18.5 Å². The highest BCUT2D eigenvalue weighted by atomic mass is 19.4. The van der Waals surface area contributed by atoms with E-state index in [0.717, 1.165) is 38.4 Å². The molecule has 2 N–H and O–H groups in total. The van der Waals surface area contributed by atoms with Crippen LogP contribution in [0.1, 0.15) is 24.8 Å². The van der Waals surface area contributed by atoms with E-state index in [1.54, 1.807) is 6.07 Å². The minimum Gasteiger partial charge on any atom is -0.394 e. The van der Waals surface area contributed by atoms with Gasteiger partial charge in [-0.3, -0.25) is 0 Å². The van der Waals surface area contributed by atoms with Gasteiger partial charge < -0.3 is 10.6 Å². The summed E-state index contributed by atoms with van der Waals surface area (Å²) in [4.78, 5) is 10.2. The van der Waals surface area contributed by atoms with Crippen molar-refractivity contribution in [2.45, 2.75) is 25.4 Å². The molecule has 1 aromatic heterocycles. The largest absolute Gasteiger partial charge is 0.417 e. The highest BCUT2D eigenvalue weighted by Gasteiger charge is 2.34. The van der Waals surface area contributed by atoms with Gasteiger partial charge in [0, 0.05) is 18.7 Å². The number of hydrogen-bond acceptors (Lipinski definition) is 4. The van der Waals surface area contributed by atoms with Gasteiger partial charge in [0.2, 0.25) is 0 Å². The molecule has 1 aliphatic rings. The van der Waals surface area contributed by atoms with Crippen LogP contribution in [0.4, 0.5) is 24.7 Å². The zero-order chi connectivity index (χ0) is 16.4. The fraction of sp³-hybridized carbons (Fsp3) is 0.375. The molecule has 0 unspecified atom stereocenters. The van der Waals surface area contributed by atoms with Crippen molar-refractivity contribution in [1.82, 2.24) is 9.97 Å². The Morgan fingerprint density at radius 1 is 1.00 bits per heavy atom. The van der Waals surface area contributed by atoms with Crippen molar-refractivity contribution in [2.24, 2.45) is 0 Å². The summed E-state index contributed by atoms with van der Waals surface area (Å²) in [6, 6.07) is 5.33. The van der Waals surface area contributed by atoms with E-state index >= 15 is 0 Å². The van der Waals surface area contributed by atoms with Gasteiger partial charge in [0.05, 0.1) is 11.3 Å². The Morgan fingerprint density at radius 2 is 1.70 bits per heavy atom. The maximum atomic E-state index is 13.2. The molecule has 0 atom stereocenters. The first kappa shape index (κ1) is 15.6. The molecule has 1 saturated heterocycles. The molecule has 0 aliphatic carbocycles. The highest BCUT2D eigenvalue weighted by molar-refractivity contribution is 5.82. The van der Waals surface area contributed by atoms with Gasteiger partial charge in [-0.25, -0.2) is 9.97 Å². The third-order valence-electron chi connectivity index (χ3n) is 4.01. The van der Waals surface area contributed by atoms with Gasteiger partial charge in [0.25, 0.3) is 0 Å². The van der Waals surface area contributed by atoms with E-state index in [1.807, 2.05) is 4.90 Å². The quantitative estimate of drug-likeness (QED) is 0.915. The Morgan fingerprint density at radius 3 is 2.39 bits per heavy atom. The number of piperidine rings is 1. The summed E-state index contributed by atoms with van der Waals surface area (Å²) in [5, 5.41) is 0. The van der Waals surface area contributed by atoms with Crippen LogP contribution in [0.2, 0.25) is 0 Å². The van der Waals surface area contributed by atoms with Crippen LogP contribution in [0.3, 0.4) is 0 Å². The molecule has 0 amide bonds. The topological polar surface area (TPSA) is 55.0 Å². The van der Waals surface area contributed by atoms with Crippen molar-refractivity contribution in [2.75, 3.05) is 23.7 Å². The summed E-state index contributed by atoms with van der Waals surface area (Å²) in [5.41, 5.74) is 5.70. The van der Waals surface area contributed by atoms with Crippen LogP contribution < -0.4 is 10.6 Å². The van der Waals surface area contributed by atoms with Crippen molar-refractivity contribution in [1.29, 1.82) is 0 Å². The standard InChI is InChI=1S/C16H17F3N4/c17-16(18,19)12-7-3-2-6-11(12)14-13(20)15(22-10-21-14)23-8-4-1-5-9-23/h2-3,6-7,10H,1,4-5,8-9,20H2. The molecule has 0 spiro atoms. The summed E-state index contributed by atoms with van der Waals surface area (Å²) in [5.74, 6) is 0.520. The number of nitrogens with two attached hydrogens (primary N) is 1. The van der Waals surface area contributed by atoms with Crippen molar-refractivity contribution in [3.05, 3.63) is 36.2 Å². The van der Waals surface area contributed by atoms with Crippen molar-refractivity contribution >= 4 is 11.5 Å². The molecule has 1 aromatic carbocycles.